The van der Waals surface area contributed by atoms with Gasteiger partial charge < -0.3 is 10.0 Å². The van der Waals surface area contributed by atoms with Crippen molar-refractivity contribution in [3.63, 3.8) is 0 Å². The maximum Gasteiger partial charge on any atom is 0.224 e. The third-order valence-electron chi connectivity index (χ3n) is 5.20. The molecule has 2 aliphatic heterocycles. The fourth-order valence-corrected chi connectivity index (χ4v) is 4.14. The van der Waals surface area contributed by atoms with E-state index in [1.54, 1.807) is 0 Å². The topological polar surface area (TPSA) is 52.5 Å². The standard InChI is InChI=1S/C19H23ClN4O.C2H6/c20-19-21-17-12-23(11-14-5-2-1-3-6-14)10-8-16(17)18(22-19)24-9-4-7-15(24)13-25;1-2/h1-3,5-6,15,25H,4,7-13H2;1-2H3. The highest BCUT2D eigenvalue weighted by atomic mass is 35.5. The normalized spacial score (nSPS) is 19.4. The largest absolute Gasteiger partial charge is 0.394 e. The minimum Gasteiger partial charge on any atom is -0.394 e. The molecular weight excluding hydrogens is 360 g/mol. The van der Waals surface area contributed by atoms with E-state index in [4.69, 9.17) is 11.6 Å². The summed E-state index contributed by atoms with van der Waals surface area (Å²) in [4.78, 5) is 13.7. The molecule has 6 heteroatoms. The van der Waals surface area contributed by atoms with Gasteiger partial charge in [0.2, 0.25) is 5.28 Å². The van der Waals surface area contributed by atoms with E-state index in [-0.39, 0.29) is 12.6 Å². The van der Waals surface area contributed by atoms with Gasteiger partial charge in [0.15, 0.2) is 0 Å². The lowest BCUT2D eigenvalue weighted by molar-refractivity contribution is 0.240. The third-order valence-corrected chi connectivity index (χ3v) is 5.37. The van der Waals surface area contributed by atoms with E-state index in [2.05, 4.69) is 44.0 Å². The SMILES string of the molecule is CC.OCC1CCCN1c1nc(Cl)nc2c1CCN(Cc1ccccc1)C2. The highest BCUT2D eigenvalue weighted by Gasteiger charge is 2.30. The van der Waals surface area contributed by atoms with Gasteiger partial charge in [-0.3, -0.25) is 4.90 Å². The predicted octanol–water partition coefficient (Wildman–Crippen LogP) is 3.68. The quantitative estimate of drug-likeness (QED) is 0.810. The van der Waals surface area contributed by atoms with Gasteiger partial charge in [0.25, 0.3) is 0 Å². The van der Waals surface area contributed by atoms with Gasteiger partial charge in [-0.2, -0.15) is 0 Å². The second-order valence-electron chi connectivity index (χ2n) is 6.86. The van der Waals surface area contributed by atoms with Crippen LogP contribution in [0.5, 0.6) is 0 Å². The molecule has 2 aliphatic rings. The van der Waals surface area contributed by atoms with Crippen molar-refractivity contribution >= 4 is 17.4 Å². The zero-order chi connectivity index (χ0) is 19.2. The fourth-order valence-electron chi connectivity index (χ4n) is 3.95. The molecular formula is C21H29ClN4O. The summed E-state index contributed by atoms with van der Waals surface area (Å²) in [5.74, 6) is 0.936. The molecule has 0 bridgehead atoms. The van der Waals surface area contributed by atoms with Gasteiger partial charge in [0.05, 0.1) is 18.3 Å². The Morgan fingerprint density at radius 1 is 1.15 bits per heavy atom. The molecule has 27 heavy (non-hydrogen) atoms. The van der Waals surface area contributed by atoms with Crippen LogP contribution in [0.15, 0.2) is 30.3 Å². The molecule has 1 fully saturated rings. The smallest absolute Gasteiger partial charge is 0.224 e. The number of nitrogens with zero attached hydrogens (tertiary/aromatic N) is 4. The van der Waals surface area contributed by atoms with Crippen molar-refractivity contribution in [3.8, 4) is 0 Å². The molecule has 1 aromatic carbocycles. The second kappa shape index (κ2) is 9.49. The first-order chi connectivity index (χ1) is 13.2. The van der Waals surface area contributed by atoms with Crippen LogP contribution < -0.4 is 4.90 Å². The lowest BCUT2D eigenvalue weighted by atomic mass is 10.0. The molecule has 0 radical (unpaired) electrons. The van der Waals surface area contributed by atoms with Crippen LogP contribution in [0.4, 0.5) is 5.82 Å². The summed E-state index contributed by atoms with van der Waals surface area (Å²) in [6, 6.07) is 10.7. The van der Waals surface area contributed by atoms with Crippen LogP contribution in [0.25, 0.3) is 0 Å². The van der Waals surface area contributed by atoms with Crippen molar-refractivity contribution in [1.29, 1.82) is 0 Å². The van der Waals surface area contributed by atoms with Crippen LogP contribution in [0, 0.1) is 0 Å². The molecule has 4 rings (SSSR count). The van der Waals surface area contributed by atoms with Crippen molar-refractivity contribution in [1.82, 2.24) is 14.9 Å². The lowest BCUT2D eigenvalue weighted by Crippen LogP contribution is -2.37. The summed E-state index contributed by atoms with van der Waals surface area (Å²) in [7, 11) is 0. The van der Waals surface area contributed by atoms with Crippen LogP contribution in [-0.2, 0) is 19.5 Å². The van der Waals surface area contributed by atoms with Gasteiger partial charge in [-0.25, -0.2) is 9.97 Å². The molecule has 1 aromatic heterocycles. The number of rotatable bonds is 4. The number of aliphatic hydroxyl groups is 1. The first-order valence-electron chi connectivity index (χ1n) is 9.93. The monoisotopic (exact) mass is 388 g/mol. The van der Waals surface area contributed by atoms with Gasteiger partial charge in [0.1, 0.15) is 5.82 Å². The van der Waals surface area contributed by atoms with Crippen molar-refractivity contribution in [2.75, 3.05) is 24.6 Å². The van der Waals surface area contributed by atoms with Gasteiger partial charge in [0, 0.05) is 31.7 Å². The first-order valence-corrected chi connectivity index (χ1v) is 10.3. The Kier molecular flexibility index (Phi) is 7.05. The maximum absolute atomic E-state index is 9.65. The molecule has 1 saturated heterocycles. The minimum absolute atomic E-state index is 0.150. The summed E-state index contributed by atoms with van der Waals surface area (Å²) in [6.07, 6.45) is 3.01. The number of anilines is 1. The summed E-state index contributed by atoms with van der Waals surface area (Å²) >= 11 is 6.23. The number of hydrogen-bond acceptors (Lipinski definition) is 5. The summed E-state index contributed by atoms with van der Waals surface area (Å²) in [6.45, 7) is 7.78. The Labute approximate surface area is 167 Å². The van der Waals surface area contributed by atoms with E-state index in [1.165, 1.54) is 11.1 Å². The third kappa shape index (κ3) is 4.60. The average Bonchev–Trinajstić information content (AvgIpc) is 3.18. The van der Waals surface area contributed by atoms with Crippen LogP contribution in [0.3, 0.4) is 0 Å². The van der Waals surface area contributed by atoms with E-state index in [9.17, 15) is 5.11 Å². The Bertz CT molecular complexity index is 740. The zero-order valence-corrected chi connectivity index (χ0v) is 17.0. The van der Waals surface area contributed by atoms with Crippen LogP contribution >= 0.6 is 11.6 Å². The highest BCUT2D eigenvalue weighted by molar-refractivity contribution is 6.28. The molecule has 1 N–H and O–H groups in total. The van der Waals surface area contributed by atoms with Crippen molar-refractivity contribution in [3.05, 3.63) is 52.4 Å². The molecule has 3 heterocycles. The maximum atomic E-state index is 9.65. The van der Waals surface area contributed by atoms with Crippen molar-refractivity contribution in [2.24, 2.45) is 0 Å². The van der Waals surface area contributed by atoms with Crippen LogP contribution in [0.1, 0.15) is 43.5 Å². The van der Waals surface area contributed by atoms with E-state index in [0.29, 0.717) is 5.28 Å². The number of aromatic nitrogens is 2. The summed E-state index contributed by atoms with van der Waals surface area (Å²) in [5, 5.41) is 9.96. The number of halogens is 1. The van der Waals surface area contributed by atoms with Crippen molar-refractivity contribution < 1.29 is 5.11 Å². The lowest BCUT2D eigenvalue weighted by Gasteiger charge is -2.32. The summed E-state index contributed by atoms with van der Waals surface area (Å²) < 4.78 is 0. The van der Waals surface area contributed by atoms with Crippen molar-refractivity contribution in [2.45, 2.75) is 52.2 Å². The second-order valence-corrected chi connectivity index (χ2v) is 7.20. The molecule has 0 saturated carbocycles. The average molecular weight is 389 g/mol. The number of benzene rings is 1. The molecule has 0 spiro atoms. The first kappa shape index (κ1) is 20.1. The van der Waals surface area contributed by atoms with Gasteiger partial charge in [-0.1, -0.05) is 44.2 Å². The molecule has 1 unspecified atom stereocenters. The van der Waals surface area contributed by atoms with Gasteiger partial charge >= 0.3 is 0 Å². The van der Waals surface area contributed by atoms with E-state index >= 15 is 0 Å². The highest BCUT2D eigenvalue weighted by Crippen LogP contribution is 2.32. The Morgan fingerprint density at radius 2 is 1.93 bits per heavy atom. The Morgan fingerprint density at radius 3 is 2.67 bits per heavy atom. The summed E-state index contributed by atoms with van der Waals surface area (Å²) in [5.41, 5.74) is 3.54. The predicted molar refractivity (Wildman–Crippen MR) is 110 cm³/mol. The molecule has 1 atom stereocenters. The zero-order valence-electron chi connectivity index (χ0n) is 16.2. The Hall–Kier alpha value is -1.69. The van der Waals surface area contributed by atoms with E-state index < -0.39 is 0 Å². The Balaban J connectivity index is 0.00000102. The van der Waals surface area contributed by atoms with Gasteiger partial charge in [-0.05, 0) is 36.4 Å². The molecule has 0 aliphatic carbocycles. The van der Waals surface area contributed by atoms with Crippen LogP contribution in [0.2, 0.25) is 5.28 Å². The number of fused-ring (bicyclic) bond motifs is 1. The molecule has 2 aromatic rings. The number of hydrogen-bond donors (Lipinski definition) is 1. The van der Waals surface area contributed by atoms with Gasteiger partial charge in [-0.15, -0.1) is 0 Å². The fraction of sp³-hybridized carbons (Fsp3) is 0.524. The molecule has 146 valence electrons. The van der Waals surface area contributed by atoms with Crippen LogP contribution in [-0.4, -0.2) is 45.7 Å². The molecule has 0 amide bonds. The minimum atomic E-state index is 0.150. The number of aliphatic hydroxyl groups excluding tert-OH is 1. The van der Waals surface area contributed by atoms with E-state index in [0.717, 1.165) is 57.0 Å². The van der Waals surface area contributed by atoms with E-state index in [1.807, 2.05) is 19.9 Å². The molecule has 5 nitrogen and oxygen atoms in total.